The number of furan rings is 1. The Bertz CT molecular complexity index is 619. The summed E-state index contributed by atoms with van der Waals surface area (Å²) in [5.41, 5.74) is 3.67. The van der Waals surface area contributed by atoms with Gasteiger partial charge in [-0.05, 0) is 38.0 Å². The van der Waals surface area contributed by atoms with Gasteiger partial charge in [-0.1, -0.05) is 23.8 Å². The van der Waals surface area contributed by atoms with Gasteiger partial charge in [-0.2, -0.15) is 0 Å². The molecule has 1 aromatic carbocycles. The van der Waals surface area contributed by atoms with Gasteiger partial charge >= 0.3 is 5.88 Å². The first kappa shape index (κ1) is 14.3. The van der Waals surface area contributed by atoms with Crippen molar-refractivity contribution in [2.45, 2.75) is 33.4 Å². The highest BCUT2D eigenvalue weighted by Crippen LogP contribution is 2.20. The number of nitro groups is 1. The zero-order chi connectivity index (χ0) is 14.7. The van der Waals surface area contributed by atoms with Gasteiger partial charge in [-0.15, -0.1) is 0 Å². The Kier molecular flexibility index (Phi) is 4.20. The molecule has 1 atom stereocenters. The minimum atomic E-state index is -0.530. The molecular weight excluding hydrogens is 256 g/mol. The Labute approximate surface area is 117 Å². The highest BCUT2D eigenvalue weighted by Gasteiger charge is 2.13. The van der Waals surface area contributed by atoms with Crippen molar-refractivity contribution in [3.63, 3.8) is 0 Å². The first-order chi connectivity index (χ1) is 9.47. The molecule has 0 saturated carbocycles. The number of hydrogen-bond acceptors (Lipinski definition) is 4. The van der Waals surface area contributed by atoms with Crippen LogP contribution >= 0.6 is 0 Å². The molecule has 20 heavy (non-hydrogen) atoms. The third-order valence-corrected chi connectivity index (χ3v) is 3.31. The van der Waals surface area contributed by atoms with Crippen molar-refractivity contribution in [1.29, 1.82) is 0 Å². The summed E-state index contributed by atoms with van der Waals surface area (Å²) in [4.78, 5) is 10.0. The molecule has 5 nitrogen and oxygen atoms in total. The van der Waals surface area contributed by atoms with Crippen LogP contribution < -0.4 is 5.32 Å². The van der Waals surface area contributed by atoms with Crippen molar-refractivity contribution < 1.29 is 9.34 Å². The summed E-state index contributed by atoms with van der Waals surface area (Å²) in [5, 5.41) is 13.9. The molecule has 1 heterocycles. The Morgan fingerprint density at radius 1 is 1.30 bits per heavy atom. The van der Waals surface area contributed by atoms with Crippen LogP contribution in [0.3, 0.4) is 0 Å². The molecule has 0 aliphatic heterocycles. The van der Waals surface area contributed by atoms with Crippen LogP contribution in [-0.2, 0) is 6.54 Å². The molecule has 0 spiro atoms. The van der Waals surface area contributed by atoms with Crippen LogP contribution in [0.5, 0.6) is 0 Å². The minimum Gasteiger partial charge on any atom is -0.404 e. The number of hydrogen-bond donors (Lipinski definition) is 1. The Morgan fingerprint density at radius 2 is 2.05 bits per heavy atom. The predicted octanol–water partition coefficient (Wildman–Crippen LogP) is 3.66. The van der Waals surface area contributed by atoms with Gasteiger partial charge in [0, 0.05) is 6.04 Å². The van der Waals surface area contributed by atoms with E-state index in [-0.39, 0.29) is 11.9 Å². The fourth-order valence-corrected chi connectivity index (χ4v) is 2.15. The number of aryl methyl sites for hydroxylation is 2. The largest absolute Gasteiger partial charge is 0.433 e. The lowest BCUT2D eigenvalue weighted by atomic mass is 10.00. The van der Waals surface area contributed by atoms with Crippen molar-refractivity contribution in [3.8, 4) is 0 Å². The van der Waals surface area contributed by atoms with Gasteiger partial charge in [0.15, 0.2) is 0 Å². The molecule has 0 aliphatic carbocycles. The summed E-state index contributed by atoms with van der Waals surface area (Å²) < 4.78 is 5.12. The van der Waals surface area contributed by atoms with Crippen LogP contribution in [0.25, 0.3) is 0 Å². The monoisotopic (exact) mass is 274 g/mol. The number of nitrogens with zero attached hydrogens (tertiary/aromatic N) is 1. The molecule has 1 N–H and O–H groups in total. The molecular formula is C15H18N2O3. The Balaban J connectivity index is 2.02. The highest BCUT2D eigenvalue weighted by atomic mass is 16.6. The zero-order valence-corrected chi connectivity index (χ0v) is 11.8. The summed E-state index contributed by atoms with van der Waals surface area (Å²) in [7, 11) is 0. The van der Waals surface area contributed by atoms with Crippen molar-refractivity contribution >= 4 is 5.88 Å². The van der Waals surface area contributed by atoms with Gasteiger partial charge in [0.05, 0.1) is 12.6 Å². The maximum Gasteiger partial charge on any atom is 0.433 e. The van der Waals surface area contributed by atoms with E-state index < -0.39 is 4.92 Å². The first-order valence-electron chi connectivity index (χ1n) is 6.51. The highest BCUT2D eigenvalue weighted by molar-refractivity contribution is 5.32. The van der Waals surface area contributed by atoms with E-state index in [9.17, 15) is 10.1 Å². The molecule has 1 aromatic heterocycles. The van der Waals surface area contributed by atoms with E-state index in [4.69, 9.17) is 4.42 Å². The average molecular weight is 274 g/mol. The topological polar surface area (TPSA) is 68.3 Å². The molecule has 1 unspecified atom stereocenters. The standard InChI is InChI=1S/C15H18N2O3/c1-10-4-5-11(2)14(8-10)12(3)16-9-13-6-7-15(20-13)17(18)19/h4-8,12,16H,9H2,1-3H3. The van der Waals surface area contributed by atoms with E-state index in [1.54, 1.807) is 6.07 Å². The maximum atomic E-state index is 10.5. The maximum absolute atomic E-state index is 10.5. The summed E-state index contributed by atoms with van der Waals surface area (Å²) in [6, 6.07) is 9.49. The molecule has 5 heteroatoms. The quantitative estimate of drug-likeness (QED) is 0.667. The van der Waals surface area contributed by atoms with Crippen molar-refractivity contribution in [1.82, 2.24) is 5.32 Å². The van der Waals surface area contributed by atoms with E-state index in [0.29, 0.717) is 12.3 Å². The fourth-order valence-electron chi connectivity index (χ4n) is 2.15. The summed E-state index contributed by atoms with van der Waals surface area (Å²) in [6.45, 7) is 6.66. The molecule has 0 fully saturated rings. The van der Waals surface area contributed by atoms with Gasteiger partial charge in [0.1, 0.15) is 10.7 Å². The number of nitrogens with one attached hydrogen (secondary N) is 1. The lowest BCUT2D eigenvalue weighted by Gasteiger charge is -2.16. The SMILES string of the molecule is Cc1ccc(C)c(C(C)NCc2ccc([N+](=O)[O-])o2)c1. The van der Waals surface area contributed by atoms with E-state index >= 15 is 0 Å². The lowest BCUT2D eigenvalue weighted by molar-refractivity contribution is -0.402. The minimum absolute atomic E-state index is 0.152. The van der Waals surface area contributed by atoms with E-state index in [1.807, 2.05) is 0 Å². The third kappa shape index (κ3) is 3.24. The first-order valence-corrected chi connectivity index (χ1v) is 6.51. The van der Waals surface area contributed by atoms with E-state index in [0.717, 1.165) is 0 Å². The van der Waals surface area contributed by atoms with Crippen LogP contribution in [0.2, 0.25) is 0 Å². The fraction of sp³-hybridized carbons (Fsp3) is 0.333. The van der Waals surface area contributed by atoms with Crippen molar-refractivity contribution in [2.24, 2.45) is 0 Å². The van der Waals surface area contributed by atoms with Crippen LogP contribution in [0.1, 0.15) is 35.4 Å². The van der Waals surface area contributed by atoms with Crippen LogP contribution in [0, 0.1) is 24.0 Å². The van der Waals surface area contributed by atoms with E-state index in [1.165, 1.54) is 22.8 Å². The summed E-state index contributed by atoms with van der Waals surface area (Å²) in [5.74, 6) is 0.343. The number of benzene rings is 1. The molecule has 0 saturated heterocycles. The molecule has 2 aromatic rings. The zero-order valence-electron chi connectivity index (χ0n) is 11.8. The second-order valence-electron chi connectivity index (χ2n) is 4.96. The predicted molar refractivity (Wildman–Crippen MR) is 76.5 cm³/mol. The van der Waals surface area contributed by atoms with E-state index in [2.05, 4.69) is 44.3 Å². The second kappa shape index (κ2) is 5.88. The van der Waals surface area contributed by atoms with Gasteiger partial charge < -0.3 is 9.73 Å². The summed E-state index contributed by atoms with van der Waals surface area (Å²) in [6.07, 6.45) is 0. The third-order valence-electron chi connectivity index (χ3n) is 3.31. The molecule has 0 amide bonds. The van der Waals surface area contributed by atoms with Gasteiger partial charge in [0.25, 0.3) is 0 Å². The van der Waals surface area contributed by atoms with Gasteiger partial charge in [0.2, 0.25) is 0 Å². The smallest absolute Gasteiger partial charge is 0.404 e. The molecule has 2 rings (SSSR count). The molecule has 0 bridgehead atoms. The second-order valence-corrected chi connectivity index (χ2v) is 4.96. The Hall–Kier alpha value is -2.14. The van der Waals surface area contributed by atoms with Crippen LogP contribution in [0.15, 0.2) is 34.7 Å². The van der Waals surface area contributed by atoms with Crippen molar-refractivity contribution in [3.05, 3.63) is 62.9 Å². The normalized spacial score (nSPS) is 12.3. The molecule has 0 aliphatic rings. The van der Waals surface area contributed by atoms with Crippen LogP contribution in [-0.4, -0.2) is 4.92 Å². The lowest BCUT2D eigenvalue weighted by Crippen LogP contribution is -2.18. The van der Waals surface area contributed by atoms with Gasteiger partial charge in [-0.25, -0.2) is 0 Å². The van der Waals surface area contributed by atoms with Crippen molar-refractivity contribution in [2.75, 3.05) is 0 Å². The van der Waals surface area contributed by atoms with Gasteiger partial charge in [-0.3, -0.25) is 10.1 Å². The van der Waals surface area contributed by atoms with Crippen LogP contribution in [0.4, 0.5) is 5.88 Å². The Morgan fingerprint density at radius 3 is 2.70 bits per heavy atom. The summed E-state index contributed by atoms with van der Waals surface area (Å²) >= 11 is 0. The number of rotatable bonds is 5. The average Bonchev–Trinajstić information content (AvgIpc) is 2.88. The molecule has 106 valence electrons. The molecule has 0 radical (unpaired) electrons.